The van der Waals surface area contributed by atoms with Gasteiger partial charge in [-0.05, 0) is 55.3 Å². The molecule has 0 aliphatic rings. The number of aromatic nitrogens is 3. The van der Waals surface area contributed by atoms with E-state index in [2.05, 4.69) is 9.97 Å². The zero-order valence-electron chi connectivity index (χ0n) is 19.8. The van der Waals surface area contributed by atoms with Gasteiger partial charge in [0.25, 0.3) is 5.91 Å². The molecular formula is C24H20F5N5O3S. The van der Waals surface area contributed by atoms with Crippen LogP contribution in [-0.4, -0.2) is 41.1 Å². The Hall–Kier alpha value is -3.91. The lowest BCUT2D eigenvalue weighted by Gasteiger charge is -2.17. The highest BCUT2D eigenvalue weighted by atomic mass is 32.2. The number of halogens is 5. The number of nitrogens with one attached hydrogen (secondary N) is 1. The summed E-state index contributed by atoms with van der Waals surface area (Å²) in [4.78, 5) is 20.1. The number of hydrogen-bond acceptors (Lipinski definition) is 5. The molecule has 0 aliphatic carbocycles. The molecule has 0 unspecified atom stereocenters. The van der Waals surface area contributed by atoms with E-state index in [0.717, 1.165) is 36.7 Å². The van der Waals surface area contributed by atoms with E-state index in [-0.39, 0.29) is 28.2 Å². The number of alkyl halides is 3. The topological polar surface area (TPSA) is 120 Å². The third-order valence-corrected chi connectivity index (χ3v) is 7.34. The van der Waals surface area contributed by atoms with Gasteiger partial charge in [0.15, 0.2) is 0 Å². The van der Waals surface area contributed by atoms with Gasteiger partial charge in [-0.3, -0.25) is 14.3 Å². The van der Waals surface area contributed by atoms with E-state index in [1.54, 1.807) is 6.92 Å². The minimum absolute atomic E-state index is 0.000159. The molecule has 38 heavy (non-hydrogen) atoms. The van der Waals surface area contributed by atoms with Gasteiger partial charge in [0, 0.05) is 11.6 Å². The maximum absolute atomic E-state index is 14.7. The predicted molar refractivity (Wildman–Crippen MR) is 128 cm³/mol. The summed E-state index contributed by atoms with van der Waals surface area (Å²) >= 11 is 0. The van der Waals surface area contributed by atoms with Gasteiger partial charge < -0.3 is 5.73 Å². The third kappa shape index (κ3) is 4.96. The first-order chi connectivity index (χ1) is 17.7. The maximum Gasteiger partial charge on any atom is 0.404 e. The van der Waals surface area contributed by atoms with Crippen LogP contribution in [0.1, 0.15) is 29.8 Å². The molecule has 1 atom stereocenters. The number of hydrogen-bond donors (Lipinski definition) is 2. The van der Waals surface area contributed by atoms with Gasteiger partial charge in [0.1, 0.15) is 28.4 Å². The fraction of sp³-hybridized carbons (Fsp3) is 0.208. The lowest BCUT2D eigenvalue weighted by atomic mass is 10.0. The van der Waals surface area contributed by atoms with Gasteiger partial charge in [-0.25, -0.2) is 22.2 Å². The van der Waals surface area contributed by atoms with Gasteiger partial charge in [0.05, 0.1) is 28.7 Å². The first kappa shape index (κ1) is 27.1. The van der Waals surface area contributed by atoms with E-state index in [4.69, 9.17) is 5.73 Å². The fourth-order valence-corrected chi connectivity index (χ4v) is 5.07. The van der Waals surface area contributed by atoms with Crippen LogP contribution in [0, 0.1) is 11.6 Å². The molecule has 3 aromatic heterocycles. The summed E-state index contributed by atoms with van der Waals surface area (Å²) in [5, 5.41) is 0.104. The van der Waals surface area contributed by atoms with Crippen molar-refractivity contribution < 1.29 is 35.2 Å². The molecule has 8 nitrogen and oxygen atoms in total. The Labute approximate surface area is 213 Å². The summed E-state index contributed by atoms with van der Waals surface area (Å²) in [5.74, 6) is -2.09. The minimum atomic E-state index is -4.81. The highest BCUT2D eigenvalue weighted by molar-refractivity contribution is 7.89. The van der Waals surface area contributed by atoms with Crippen LogP contribution in [-0.2, 0) is 16.4 Å². The van der Waals surface area contributed by atoms with Crippen molar-refractivity contribution in [2.45, 2.75) is 37.4 Å². The van der Waals surface area contributed by atoms with Crippen LogP contribution in [0.4, 0.5) is 22.0 Å². The second-order valence-corrected chi connectivity index (χ2v) is 10.0. The molecule has 3 heterocycles. The number of fused-ring (bicyclic) bond motifs is 1. The van der Waals surface area contributed by atoms with Crippen molar-refractivity contribution in [3.05, 3.63) is 71.6 Å². The fourth-order valence-electron chi connectivity index (χ4n) is 3.90. The summed E-state index contributed by atoms with van der Waals surface area (Å²) in [7, 11) is -4.61. The monoisotopic (exact) mass is 553 g/mol. The summed E-state index contributed by atoms with van der Waals surface area (Å²) in [5.41, 5.74) is 6.06. The summed E-state index contributed by atoms with van der Waals surface area (Å²) in [6.45, 7) is 2.37. The Morgan fingerprint density at radius 1 is 1.11 bits per heavy atom. The molecule has 4 rings (SSSR count). The van der Waals surface area contributed by atoms with Crippen molar-refractivity contribution in [1.82, 2.24) is 19.3 Å². The lowest BCUT2D eigenvalue weighted by molar-refractivity contribution is -0.147. The molecule has 4 aromatic rings. The number of rotatable bonds is 7. The quantitative estimate of drug-likeness (QED) is 0.332. The second kappa shape index (κ2) is 9.76. The van der Waals surface area contributed by atoms with E-state index in [9.17, 15) is 35.2 Å². The van der Waals surface area contributed by atoms with Gasteiger partial charge in [-0.2, -0.15) is 17.9 Å². The predicted octanol–water partition coefficient (Wildman–Crippen LogP) is 4.26. The maximum atomic E-state index is 14.7. The number of benzene rings is 1. The number of primary amides is 1. The second-order valence-electron chi connectivity index (χ2n) is 8.34. The molecule has 0 bridgehead atoms. The standard InChI is InChI=1S/C24H20F5N5O3S/c1-3-13-8-19-16(9-17(13)26)21(23(30)35)22(34(19)20-7-4-14(25)10-32-20)18-6-5-15(11-31-18)38(36,37)33-12(2)24(27,28)29/h4-12,33H,3H2,1-2H3,(H2,30,35)/t12-/m0/s1. The van der Waals surface area contributed by atoms with E-state index < -0.39 is 44.7 Å². The molecule has 3 N–H and O–H groups in total. The van der Waals surface area contributed by atoms with Crippen molar-refractivity contribution in [3.8, 4) is 17.2 Å². The van der Waals surface area contributed by atoms with Crippen LogP contribution in [0.25, 0.3) is 28.1 Å². The number of pyridine rings is 2. The van der Waals surface area contributed by atoms with Gasteiger partial charge in [0.2, 0.25) is 10.0 Å². The van der Waals surface area contributed by atoms with Gasteiger partial charge in [-0.15, -0.1) is 0 Å². The van der Waals surface area contributed by atoms with Crippen molar-refractivity contribution in [2.24, 2.45) is 5.73 Å². The molecule has 200 valence electrons. The van der Waals surface area contributed by atoms with Crippen LogP contribution < -0.4 is 10.5 Å². The number of aryl methyl sites for hydroxylation is 1. The average Bonchev–Trinajstić information content (AvgIpc) is 3.17. The van der Waals surface area contributed by atoms with E-state index >= 15 is 0 Å². The molecule has 0 aliphatic heterocycles. The Morgan fingerprint density at radius 2 is 1.82 bits per heavy atom. The molecule has 1 aromatic carbocycles. The smallest absolute Gasteiger partial charge is 0.366 e. The minimum Gasteiger partial charge on any atom is -0.366 e. The number of sulfonamides is 1. The number of nitrogens with two attached hydrogens (primary N) is 1. The summed E-state index contributed by atoms with van der Waals surface area (Å²) < 4.78 is 94.8. The van der Waals surface area contributed by atoms with Crippen molar-refractivity contribution >= 4 is 26.8 Å². The molecule has 0 saturated heterocycles. The zero-order chi connectivity index (χ0) is 28.0. The number of carbonyl (C=O) groups is 1. The van der Waals surface area contributed by atoms with Gasteiger partial charge in [-0.1, -0.05) is 6.92 Å². The molecule has 0 spiro atoms. The van der Waals surface area contributed by atoms with Crippen LogP contribution in [0.2, 0.25) is 0 Å². The van der Waals surface area contributed by atoms with E-state index in [1.807, 2.05) is 0 Å². The normalized spacial score (nSPS) is 13.1. The highest BCUT2D eigenvalue weighted by Crippen LogP contribution is 2.37. The Balaban J connectivity index is 1.96. The highest BCUT2D eigenvalue weighted by Gasteiger charge is 2.39. The van der Waals surface area contributed by atoms with Gasteiger partial charge >= 0.3 is 6.18 Å². The first-order valence-corrected chi connectivity index (χ1v) is 12.6. The van der Waals surface area contributed by atoms with Crippen LogP contribution in [0.5, 0.6) is 0 Å². The van der Waals surface area contributed by atoms with Crippen LogP contribution in [0.3, 0.4) is 0 Å². The summed E-state index contributed by atoms with van der Waals surface area (Å²) in [6.07, 6.45) is -2.77. The lowest BCUT2D eigenvalue weighted by Crippen LogP contribution is -2.42. The summed E-state index contributed by atoms with van der Waals surface area (Å²) in [6, 6.07) is 4.82. The molecule has 0 saturated carbocycles. The van der Waals surface area contributed by atoms with E-state index in [0.29, 0.717) is 24.4 Å². The van der Waals surface area contributed by atoms with Crippen LogP contribution in [0.15, 0.2) is 53.7 Å². The molecule has 1 amide bonds. The Bertz CT molecular complexity index is 1630. The largest absolute Gasteiger partial charge is 0.404 e. The average molecular weight is 554 g/mol. The number of amides is 1. The molecule has 0 fully saturated rings. The molecule has 0 radical (unpaired) electrons. The zero-order valence-corrected chi connectivity index (χ0v) is 20.7. The van der Waals surface area contributed by atoms with Crippen molar-refractivity contribution in [1.29, 1.82) is 0 Å². The first-order valence-electron chi connectivity index (χ1n) is 11.1. The Morgan fingerprint density at radius 3 is 2.34 bits per heavy atom. The third-order valence-electron chi connectivity index (χ3n) is 5.82. The molecular weight excluding hydrogens is 533 g/mol. The van der Waals surface area contributed by atoms with E-state index in [1.165, 1.54) is 21.4 Å². The SMILES string of the molecule is CCc1cc2c(cc1F)c(C(N)=O)c(-c1ccc(S(=O)(=O)N[C@@H](C)C(F)(F)F)cn1)n2-c1ccc(F)cn1. The van der Waals surface area contributed by atoms with Crippen molar-refractivity contribution in [3.63, 3.8) is 0 Å². The number of nitrogens with zero attached hydrogens (tertiary/aromatic N) is 3. The van der Waals surface area contributed by atoms with Crippen LogP contribution >= 0.6 is 0 Å². The Kier molecular flexibility index (Phi) is 6.97. The number of carbonyl (C=O) groups excluding carboxylic acids is 1. The van der Waals surface area contributed by atoms with Crippen molar-refractivity contribution in [2.75, 3.05) is 0 Å². The molecule has 14 heteroatoms.